The third-order valence-corrected chi connectivity index (χ3v) is 2.24. The van der Waals surface area contributed by atoms with Crippen LogP contribution in [0, 0.1) is 0 Å². The van der Waals surface area contributed by atoms with Crippen molar-refractivity contribution in [1.82, 2.24) is 25.0 Å². The molecule has 0 amide bonds. The quantitative estimate of drug-likeness (QED) is 0.638. The van der Waals surface area contributed by atoms with Crippen molar-refractivity contribution in [2.75, 3.05) is 0 Å². The molecule has 3 rings (SSSR count). The highest BCUT2D eigenvalue weighted by Crippen LogP contribution is 2.06. The number of benzene rings is 1. The molecule has 0 aliphatic carbocycles. The van der Waals surface area contributed by atoms with Crippen molar-refractivity contribution < 1.29 is 0 Å². The van der Waals surface area contributed by atoms with E-state index < -0.39 is 0 Å². The second kappa shape index (κ2) is 3.27. The van der Waals surface area contributed by atoms with Gasteiger partial charge in [-0.2, -0.15) is 4.68 Å². The molecule has 3 aromatic rings. The van der Waals surface area contributed by atoms with Gasteiger partial charge in [0, 0.05) is 0 Å². The number of nitrogens with one attached hydrogen (secondary N) is 1. The minimum Gasteiger partial charge on any atom is -0.290 e. The second-order valence-corrected chi connectivity index (χ2v) is 3.25. The summed E-state index contributed by atoms with van der Waals surface area (Å²) in [6.45, 7) is 0. The van der Waals surface area contributed by atoms with Gasteiger partial charge < -0.3 is 0 Å². The van der Waals surface area contributed by atoms with E-state index in [9.17, 15) is 4.79 Å². The molecule has 1 N–H and O–H groups in total. The molecule has 0 unspecified atom stereocenters. The highest BCUT2D eigenvalue weighted by molar-refractivity contribution is 5.77. The van der Waals surface area contributed by atoms with Crippen LogP contribution in [0.4, 0.5) is 0 Å². The van der Waals surface area contributed by atoms with Crippen LogP contribution in [0.2, 0.25) is 0 Å². The maximum atomic E-state index is 11.7. The molecule has 78 valence electrons. The Morgan fingerprint density at radius 3 is 2.94 bits per heavy atom. The van der Waals surface area contributed by atoms with E-state index >= 15 is 0 Å². The lowest BCUT2D eigenvalue weighted by Crippen LogP contribution is -2.13. The fourth-order valence-electron chi connectivity index (χ4n) is 1.50. The smallest absolute Gasteiger partial charge is 0.260 e. The first-order valence-corrected chi connectivity index (χ1v) is 4.70. The van der Waals surface area contributed by atoms with Crippen molar-refractivity contribution in [3.05, 3.63) is 47.0 Å². The molecule has 0 bridgehead atoms. The van der Waals surface area contributed by atoms with E-state index in [1.165, 1.54) is 10.9 Å². The Balaban J connectivity index is 2.34. The highest BCUT2D eigenvalue weighted by atomic mass is 16.1. The first-order chi connectivity index (χ1) is 7.84. The molecular formula is C10H7N5O. The molecule has 0 saturated carbocycles. The Kier molecular flexibility index (Phi) is 1.79. The van der Waals surface area contributed by atoms with E-state index in [0.717, 1.165) is 0 Å². The summed E-state index contributed by atoms with van der Waals surface area (Å²) >= 11 is 0. The molecule has 0 aliphatic rings. The van der Waals surface area contributed by atoms with Gasteiger partial charge in [-0.25, -0.2) is 4.98 Å². The molecule has 2 heterocycles. The van der Waals surface area contributed by atoms with Crippen molar-refractivity contribution in [3.63, 3.8) is 0 Å². The normalized spacial score (nSPS) is 10.8. The third kappa shape index (κ3) is 1.28. The van der Waals surface area contributed by atoms with E-state index in [-0.39, 0.29) is 5.56 Å². The Morgan fingerprint density at radius 1 is 1.25 bits per heavy atom. The number of H-pyrrole nitrogens is 1. The van der Waals surface area contributed by atoms with Gasteiger partial charge in [-0.1, -0.05) is 17.3 Å². The second-order valence-electron chi connectivity index (χ2n) is 3.25. The zero-order chi connectivity index (χ0) is 11.0. The van der Waals surface area contributed by atoms with Gasteiger partial charge in [0.2, 0.25) is 5.95 Å². The van der Waals surface area contributed by atoms with E-state index in [2.05, 4.69) is 20.3 Å². The standard InChI is InChI=1S/C10H7N5O/c16-9-7-3-1-2-4-8(7)12-10(13-9)15-6-5-11-14-15/h1-6H,(H,12,13,16). The van der Waals surface area contributed by atoms with Gasteiger partial charge in [0.05, 0.1) is 23.3 Å². The fourth-order valence-corrected chi connectivity index (χ4v) is 1.50. The number of aromatic nitrogens is 5. The van der Waals surface area contributed by atoms with Gasteiger partial charge in [-0.05, 0) is 12.1 Å². The van der Waals surface area contributed by atoms with Crippen LogP contribution >= 0.6 is 0 Å². The summed E-state index contributed by atoms with van der Waals surface area (Å²) in [5.74, 6) is 0.362. The molecule has 0 aliphatic heterocycles. The summed E-state index contributed by atoms with van der Waals surface area (Å²) in [4.78, 5) is 18.7. The topological polar surface area (TPSA) is 76.5 Å². The molecule has 6 heteroatoms. The summed E-state index contributed by atoms with van der Waals surface area (Å²) in [6.07, 6.45) is 3.14. The van der Waals surface area contributed by atoms with Gasteiger partial charge in [0.25, 0.3) is 5.56 Å². The molecule has 2 aromatic heterocycles. The summed E-state index contributed by atoms with van der Waals surface area (Å²) in [5.41, 5.74) is 0.452. The largest absolute Gasteiger partial charge is 0.290 e. The molecule has 0 fully saturated rings. The fraction of sp³-hybridized carbons (Fsp3) is 0. The van der Waals surface area contributed by atoms with E-state index in [1.54, 1.807) is 24.4 Å². The number of fused-ring (bicyclic) bond motifs is 1. The van der Waals surface area contributed by atoms with Gasteiger partial charge in [0.1, 0.15) is 0 Å². The first-order valence-electron chi connectivity index (χ1n) is 4.70. The number of aromatic amines is 1. The number of nitrogens with zero attached hydrogens (tertiary/aromatic N) is 4. The summed E-state index contributed by atoms with van der Waals surface area (Å²) in [5, 5.41) is 7.99. The summed E-state index contributed by atoms with van der Waals surface area (Å²) in [7, 11) is 0. The number of para-hydroxylation sites is 1. The van der Waals surface area contributed by atoms with Crippen LogP contribution in [-0.4, -0.2) is 25.0 Å². The SMILES string of the molecule is O=c1[nH]c(-n2ccnn2)nc2ccccc12. The van der Waals surface area contributed by atoms with Crippen molar-refractivity contribution >= 4 is 10.9 Å². The molecule has 6 nitrogen and oxygen atoms in total. The van der Waals surface area contributed by atoms with E-state index in [0.29, 0.717) is 16.9 Å². The summed E-state index contributed by atoms with van der Waals surface area (Å²) < 4.78 is 1.41. The van der Waals surface area contributed by atoms with E-state index in [1.807, 2.05) is 6.07 Å². The average Bonchev–Trinajstić information content (AvgIpc) is 2.82. The van der Waals surface area contributed by atoms with Crippen LogP contribution in [0.3, 0.4) is 0 Å². The minimum atomic E-state index is -0.184. The predicted molar refractivity (Wildman–Crippen MR) is 57.3 cm³/mol. The van der Waals surface area contributed by atoms with Crippen LogP contribution in [-0.2, 0) is 0 Å². The van der Waals surface area contributed by atoms with Gasteiger partial charge >= 0.3 is 0 Å². The zero-order valence-corrected chi connectivity index (χ0v) is 8.16. The van der Waals surface area contributed by atoms with E-state index in [4.69, 9.17) is 0 Å². The van der Waals surface area contributed by atoms with Crippen LogP contribution in [0.15, 0.2) is 41.5 Å². The predicted octanol–water partition coefficient (Wildman–Crippen LogP) is 0.504. The minimum absolute atomic E-state index is 0.184. The molecule has 16 heavy (non-hydrogen) atoms. The lowest BCUT2D eigenvalue weighted by atomic mass is 10.2. The van der Waals surface area contributed by atoms with Crippen molar-refractivity contribution in [2.24, 2.45) is 0 Å². The Hall–Kier alpha value is -2.50. The van der Waals surface area contributed by atoms with Crippen molar-refractivity contribution in [1.29, 1.82) is 0 Å². The molecule has 0 spiro atoms. The average molecular weight is 213 g/mol. The number of hydrogen-bond donors (Lipinski definition) is 1. The maximum Gasteiger partial charge on any atom is 0.260 e. The van der Waals surface area contributed by atoms with Crippen LogP contribution in [0.25, 0.3) is 16.9 Å². The van der Waals surface area contributed by atoms with Gasteiger partial charge in [-0.15, -0.1) is 5.10 Å². The Bertz CT molecular complexity index is 686. The molecule has 1 aromatic carbocycles. The monoisotopic (exact) mass is 213 g/mol. The van der Waals surface area contributed by atoms with Crippen LogP contribution < -0.4 is 5.56 Å². The van der Waals surface area contributed by atoms with Crippen molar-refractivity contribution in [2.45, 2.75) is 0 Å². The zero-order valence-electron chi connectivity index (χ0n) is 8.16. The summed E-state index contributed by atoms with van der Waals surface area (Å²) in [6, 6.07) is 7.14. The first kappa shape index (κ1) is 8.78. The molecule has 0 atom stereocenters. The van der Waals surface area contributed by atoms with Crippen LogP contribution in [0.1, 0.15) is 0 Å². The molecule has 0 radical (unpaired) electrons. The molecular weight excluding hydrogens is 206 g/mol. The van der Waals surface area contributed by atoms with Gasteiger partial charge in [-0.3, -0.25) is 9.78 Å². The Labute approximate surface area is 89.6 Å². The van der Waals surface area contributed by atoms with Crippen molar-refractivity contribution in [3.8, 4) is 5.95 Å². The Morgan fingerprint density at radius 2 is 2.12 bits per heavy atom. The van der Waals surface area contributed by atoms with Crippen LogP contribution in [0.5, 0.6) is 0 Å². The molecule has 0 saturated heterocycles. The lowest BCUT2D eigenvalue weighted by molar-refractivity contribution is 0.756. The van der Waals surface area contributed by atoms with Gasteiger partial charge in [0.15, 0.2) is 0 Å². The number of hydrogen-bond acceptors (Lipinski definition) is 4. The maximum absolute atomic E-state index is 11.7. The third-order valence-electron chi connectivity index (χ3n) is 2.24. The lowest BCUT2D eigenvalue weighted by Gasteiger charge is -2.00. The highest BCUT2D eigenvalue weighted by Gasteiger charge is 2.04. The number of rotatable bonds is 1.